The number of aromatic hydroxyl groups is 1. The van der Waals surface area contributed by atoms with Gasteiger partial charge in [-0.3, -0.25) is 0 Å². The number of aryl methyl sites for hydroxylation is 1. The maximum Gasteiger partial charge on any atom is 0.387 e. The summed E-state index contributed by atoms with van der Waals surface area (Å²) in [5.74, 6) is 1.46. The van der Waals surface area contributed by atoms with Gasteiger partial charge in [0.15, 0.2) is 5.96 Å². The normalized spacial score (nSPS) is 11.4. The molecule has 29 heavy (non-hydrogen) atoms. The zero-order chi connectivity index (χ0) is 21.1. The zero-order valence-electron chi connectivity index (χ0n) is 16.6. The van der Waals surface area contributed by atoms with Crippen molar-refractivity contribution in [3.05, 3.63) is 53.6 Å². The first kappa shape index (κ1) is 22.3. The number of nitrogens with one attached hydrogen (secondary N) is 2. The molecular formula is C21H27F2N3O3. The number of hydrogen-bond acceptors (Lipinski definition) is 4. The Hall–Kier alpha value is -3.03. The molecule has 2 rings (SSSR count). The maximum atomic E-state index is 12.6. The highest BCUT2D eigenvalue weighted by Gasteiger charge is 2.11. The van der Waals surface area contributed by atoms with Gasteiger partial charge >= 0.3 is 6.61 Å². The lowest BCUT2D eigenvalue weighted by Crippen LogP contribution is -2.37. The summed E-state index contributed by atoms with van der Waals surface area (Å²) in [7, 11) is 1.51. The summed E-state index contributed by atoms with van der Waals surface area (Å²) in [6.07, 6.45) is 1.73. The Labute approximate surface area is 169 Å². The third-order valence-corrected chi connectivity index (χ3v) is 4.11. The Morgan fingerprint density at radius 2 is 1.90 bits per heavy atom. The van der Waals surface area contributed by atoms with E-state index in [1.807, 2.05) is 19.1 Å². The minimum atomic E-state index is -2.91. The predicted molar refractivity (Wildman–Crippen MR) is 109 cm³/mol. The van der Waals surface area contributed by atoms with Gasteiger partial charge in [-0.25, -0.2) is 4.99 Å². The number of phenolic OH excluding ortho intramolecular Hbond substituents is 1. The Balaban J connectivity index is 1.96. The molecule has 2 aromatic rings. The van der Waals surface area contributed by atoms with Crippen molar-refractivity contribution in [3.8, 4) is 17.2 Å². The summed E-state index contributed by atoms with van der Waals surface area (Å²) in [6, 6.07) is 11.8. The van der Waals surface area contributed by atoms with E-state index in [4.69, 9.17) is 4.74 Å². The molecule has 158 valence electrons. The fourth-order valence-electron chi connectivity index (χ4n) is 2.69. The van der Waals surface area contributed by atoms with Crippen LogP contribution in [0.15, 0.2) is 47.5 Å². The molecule has 0 saturated heterocycles. The van der Waals surface area contributed by atoms with Gasteiger partial charge in [-0.2, -0.15) is 8.78 Å². The average Bonchev–Trinajstić information content (AvgIpc) is 2.71. The minimum Gasteiger partial charge on any atom is -0.508 e. The second-order valence-corrected chi connectivity index (χ2v) is 6.24. The molecule has 0 spiro atoms. The summed E-state index contributed by atoms with van der Waals surface area (Å²) in [4.78, 5) is 4.46. The van der Waals surface area contributed by atoms with Crippen molar-refractivity contribution in [2.75, 3.05) is 20.2 Å². The molecular weight excluding hydrogens is 380 g/mol. The molecule has 0 heterocycles. The molecule has 0 aromatic heterocycles. The van der Waals surface area contributed by atoms with Crippen molar-refractivity contribution in [2.45, 2.75) is 32.9 Å². The van der Waals surface area contributed by atoms with Crippen molar-refractivity contribution < 1.29 is 23.4 Å². The number of hydrogen-bond donors (Lipinski definition) is 3. The Morgan fingerprint density at radius 1 is 1.14 bits per heavy atom. The van der Waals surface area contributed by atoms with E-state index in [0.717, 1.165) is 18.4 Å². The fourth-order valence-corrected chi connectivity index (χ4v) is 2.69. The molecule has 0 saturated carbocycles. The van der Waals surface area contributed by atoms with Crippen LogP contribution in [0.3, 0.4) is 0 Å². The number of methoxy groups -OCH3 is 1. The number of alkyl halides is 2. The number of rotatable bonds is 10. The van der Waals surface area contributed by atoms with Crippen LogP contribution in [0.2, 0.25) is 0 Å². The monoisotopic (exact) mass is 407 g/mol. The molecule has 2 aromatic carbocycles. The van der Waals surface area contributed by atoms with E-state index in [0.29, 0.717) is 30.4 Å². The molecule has 6 nitrogen and oxygen atoms in total. The van der Waals surface area contributed by atoms with E-state index in [1.54, 1.807) is 24.3 Å². The molecule has 0 radical (unpaired) electrons. The lowest BCUT2D eigenvalue weighted by atomic mass is 10.1. The van der Waals surface area contributed by atoms with Crippen LogP contribution in [0.5, 0.6) is 17.2 Å². The summed E-state index contributed by atoms with van der Waals surface area (Å²) < 4.78 is 35.0. The van der Waals surface area contributed by atoms with E-state index < -0.39 is 6.61 Å². The molecule has 0 aliphatic rings. The standard InChI is InChI=1S/C21H27F2N3O3/c1-3-24-21(25-12-4-5-15-6-8-17(27)9-7-15)26-14-16-13-18(28-2)10-11-19(16)29-20(22)23/h6-11,13,20,27H,3-5,12,14H2,1-2H3,(H2,24,25,26). The predicted octanol–water partition coefficient (Wildman–Crippen LogP) is 3.69. The van der Waals surface area contributed by atoms with Crippen molar-refractivity contribution >= 4 is 5.96 Å². The minimum absolute atomic E-state index is 0.0766. The van der Waals surface area contributed by atoms with Crippen molar-refractivity contribution in [1.82, 2.24) is 10.6 Å². The number of phenols is 1. The Bertz CT molecular complexity index is 783. The summed E-state index contributed by atoms with van der Waals surface area (Å²) in [5, 5.41) is 15.7. The third kappa shape index (κ3) is 7.85. The van der Waals surface area contributed by atoms with Crippen LogP contribution in [0.1, 0.15) is 24.5 Å². The number of guanidine groups is 1. The number of halogens is 2. The summed E-state index contributed by atoms with van der Waals surface area (Å²) >= 11 is 0. The van der Waals surface area contributed by atoms with Gasteiger partial charge in [-0.1, -0.05) is 12.1 Å². The first-order chi connectivity index (χ1) is 14.0. The van der Waals surface area contributed by atoms with E-state index in [2.05, 4.69) is 20.4 Å². The average molecular weight is 407 g/mol. The number of ether oxygens (including phenoxy) is 2. The molecule has 0 atom stereocenters. The molecule has 8 heteroatoms. The van der Waals surface area contributed by atoms with Crippen LogP contribution >= 0.6 is 0 Å². The lowest BCUT2D eigenvalue weighted by molar-refractivity contribution is -0.0504. The van der Waals surface area contributed by atoms with Gasteiger partial charge in [-0.15, -0.1) is 0 Å². The Morgan fingerprint density at radius 3 is 2.55 bits per heavy atom. The van der Waals surface area contributed by atoms with Crippen LogP contribution in [-0.2, 0) is 13.0 Å². The first-order valence-corrected chi connectivity index (χ1v) is 9.43. The second kappa shape index (κ2) is 11.7. The first-order valence-electron chi connectivity index (χ1n) is 9.43. The van der Waals surface area contributed by atoms with E-state index in [1.165, 1.54) is 13.2 Å². The van der Waals surface area contributed by atoms with Crippen molar-refractivity contribution in [2.24, 2.45) is 4.99 Å². The zero-order valence-corrected chi connectivity index (χ0v) is 16.6. The molecule has 0 unspecified atom stereocenters. The fraction of sp³-hybridized carbons (Fsp3) is 0.381. The van der Waals surface area contributed by atoms with E-state index >= 15 is 0 Å². The number of nitrogens with zero attached hydrogens (tertiary/aromatic N) is 1. The van der Waals surface area contributed by atoms with Crippen LogP contribution in [-0.4, -0.2) is 37.9 Å². The van der Waals surface area contributed by atoms with Gasteiger partial charge < -0.3 is 25.2 Å². The van der Waals surface area contributed by atoms with Gasteiger partial charge in [0.1, 0.15) is 17.2 Å². The highest BCUT2D eigenvalue weighted by molar-refractivity contribution is 5.79. The highest BCUT2D eigenvalue weighted by Crippen LogP contribution is 2.26. The number of aliphatic imine (C=N–C) groups is 1. The van der Waals surface area contributed by atoms with E-state index in [9.17, 15) is 13.9 Å². The second-order valence-electron chi connectivity index (χ2n) is 6.24. The third-order valence-electron chi connectivity index (χ3n) is 4.11. The lowest BCUT2D eigenvalue weighted by Gasteiger charge is -2.13. The molecule has 0 amide bonds. The highest BCUT2D eigenvalue weighted by atomic mass is 19.3. The molecule has 3 N–H and O–H groups in total. The van der Waals surface area contributed by atoms with Crippen LogP contribution < -0.4 is 20.1 Å². The van der Waals surface area contributed by atoms with Gasteiger partial charge in [0.2, 0.25) is 0 Å². The quantitative estimate of drug-likeness (QED) is 0.318. The van der Waals surface area contributed by atoms with Crippen molar-refractivity contribution in [3.63, 3.8) is 0 Å². The van der Waals surface area contributed by atoms with Gasteiger partial charge in [-0.05, 0) is 55.7 Å². The summed E-state index contributed by atoms with van der Waals surface area (Å²) in [6.45, 7) is 0.558. The molecule has 0 aliphatic heterocycles. The smallest absolute Gasteiger partial charge is 0.387 e. The van der Waals surface area contributed by atoms with Gasteiger partial charge in [0.05, 0.1) is 13.7 Å². The maximum absolute atomic E-state index is 12.6. The molecule has 0 bridgehead atoms. The van der Waals surface area contributed by atoms with Gasteiger partial charge in [0.25, 0.3) is 0 Å². The topological polar surface area (TPSA) is 75.1 Å². The summed E-state index contributed by atoms with van der Waals surface area (Å²) in [5.41, 5.74) is 1.64. The van der Waals surface area contributed by atoms with Crippen molar-refractivity contribution in [1.29, 1.82) is 0 Å². The molecule has 0 aliphatic carbocycles. The van der Waals surface area contributed by atoms with Crippen LogP contribution in [0, 0.1) is 0 Å². The van der Waals surface area contributed by atoms with Gasteiger partial charge in [0, 0.05) is 18.7 Å². The molecule has 0 fully saturated rings. The van der Waals surface area contributed by atoms with Crippen LogP contribution in [0.25, 0.3) is 0 Å². The van der Waals surface area contributed by atoms with Crippen LogP contribution in [0.4, 0.5) is 8.78 Å². The number of benzene rings is 2. The largest absolute Gasteiger partial charge is 0.508 e. The Kier molecular flexibility index (Phi) is 9.01. The van der Waals surface area contributed by atoms with E-state index in [-0.39, 0.29) is 18.0 Å². The SMILES string of the molecule is CCNC(=NCc1cc(OC)ccc1OC(F)F)NCCCc1ccc(O)cc1.